The Bertz CT molecular complexity index is 801. The third-order valence-electron chi connectivity index (χ3n) is 5.67. The van der Waals surface area contributed by atoms with Gasteiger partial charge < -0.3 is 14.5 Å². The molecule has 9 heteroatoms. The second-order valence-electron chi connectivity index (χ2n) is 7.76. The van der Waals surface area contributed by atoms with Gasteiger partial charge in [0.2, 0.25) is 10.0 Å². The molecule has 2 aliphatic rings. The van der Waals surface area contributed by atoms with Crippen LogP contribution < -0.4 is 9.46 Å². The highest BCUT2D eigenvalue weighted by Gasteiger charge is 2.24. The van der Waals surface area contributed by atoms with Gasteiger partial charge in [0.1, 0.15) is 5.75 Å². The second kappa shape index (κ2) is 9.88. The number of piperidine rings is 1. The van der Waals surface area contributed by atoms with E-state index in [1.54, 1.807) is 11.0 Å². The van der Waals surface area contributed by atoms with Crippen LogP contribution in [0.2, 0.25) is 0 Å². The fourth-order valence-corrected chi connectivity index (χ4v) is 4.83. The number of methoxy groups -OCH3 is 1. The van der Waals surface area contributed by atoms with Crippen LogP contribution in [0.4, 0.5) is 0 Å². The lowest BCUT2D eigenvalue weighted by Gasteiger charge is -2.32. The molecular formula is C20H32N4O4S. The summed E-state index contributed by atoms with van der Waals surface area (Å²) in [6.07, 6.45) is 3.06. The minimum Gasteiger partial charge on any atom is -0.496 e. The van der Waals surface area contributed by atoms with E-state index in [1.165, 1.54) is 19.2 Å². The zero-order chi connectivity index (χ0) is 20.9. The number of hydrogen-bond acceptors (Lipinski definition) is 6. The average Bonchev–Trinajstić information content (AvgIpc) is 2.74. The normalized spacial score (nSPS) is 19.3. The van der Waals surface area contributed by atoms with Gasteiger partial charge in [-0.15, -0.1) is 0 Å². The Labute approximate surface area is 173 Å². The van der Waals surface area contributed by atoms with E-state index in [2.05, 4.69) is 21.6 Å². The van der Waals surface area contributed by atoms with Crippen molar-refractivity contribution < 1.29 is 17.9 Å². The van der Waals surface area contributed by atoms with E-state index in [-0.39, 0.29) is 10.8 Å². The first-order chi connectivity index (χ1) is 13.9. The summed E-state index contributed by atoms with van der Waals surface area (Å²) in [7, 11) is -0.116. The zero-order valence-electron chi connectivity index (χ0n) is 17.4. The molecule has 0 aliphatic carbocycles. The molecule has 29 heavy (non-hydrogen) atoms. The van der Waals surface area contributed by atoms with E-state index in [0.717, 1.165) is 45.4 Å². The van der Waals surface area contributed by atoms with Crippen LogP contribution >= 0.6 is 0 Å². The summed E-state index contributed by atoms with van der Waals surface area (Å²) >= 11 is 0. The van der Waals surface area contributed by atoms with Gasteiger partial charge >= 0.3 is 0 Å². The largest absolute Gasteiger partial charge is 0.496 e. The summed E-state index contributed by atoms with van der Waals surface area (Å²) in [6, 6.07) is 4.49. The summed E-state index contributed by atoms with van der Waals surface area (Å²) < 4.78 is 33.5. The Hall–Kier alpha value is -1.68. The van der Waals surface area contributed by atoms with Gasteiger partial charge in [0.25, 0.3) is 5.91 Å². The first kappa shape index (κ1) is 22.0. The van der Waals surface area contributed by atoms with Crippen LogP contribution in [0.5, 0.6) is 5.75 Å². The molecule has 1 aromatic carbocycles. The molecule has 1 aromatic rings. The summed E-state index contributed by atoms with van der Waals surface area (Å²) in [6.45, 7) is 6.27. The van der Waals surface area contributed by atoms with Crippen LogP contribution in [0.1, 0.15) is 29.6 Å². The van der Waals surface area contributed by atoms with Gasteiger partial charge in [-0.1, -0.05) is 0 Å². The quantitative estimate of drug-likeness (QED) is 0.699. The van der Waals surface area contributed by atoms with Gasteiger partial charge in [-0.05, 0) is 44.5 Å². The Morgan fingerprint density at radius 2 is 1.76 bits per heavy atom. The van der Waals surface area contributed by atoms with Gasteiger partial charge in [-0.3, -0.25) is 9.69 Å². The molecule has 0 bridgehead atoms. The van der Waals surface area contributed by atoms with Gasteiger partial charge in [-0.25, -0.2) is 13.1 Å². The molecule has 3 rings (SSSR count). The topological polar surface area (TPSA) is 82.2 Å². The summed E-state index contributed by atoms with van der Waals surface area (Å²) in [5.41, 5.74) is 0.302. The van der Waals surface area contributed by atoms with Crippen molar-refractivity contribution >= 4 is 15.9 Å². The molecule has 2 saturated heterocycles. The predicted octanol–water partition coefficient (Wildman–Crippen LogP) is 0.847. The fraction of sp³-hybridized carbons (Fsp3) is 0.650. The van der Waals surface area contributed by atoms with Crippen molar-refractivity contribution in [2.24, 2.45) is 0 Å². The number of nitrogens with zero attached hydrogens (tertiary/aromatic N) is 3. The molecule has 0 radical (unpaired) electrons. The summed E-state index contributed by atoms with van der Waals surface area (Å²) in [5, 5.41) is 0. The van der Waals surface area contributed by atoms with E-state index in [0.29, 0.717) is 37.5 Å². The lowest BCUT2D eigenvalue weighted by molar-refractivity contribution is 0.0720. The second-order valence-corrected chi connectivity index (χ2v) is 9.52. The minimum absolute atomic E-state index is 0.0945. The molecule has 0 saturated carbocycles. The van der Waals surface area contributed by atoms with E-state index in [9.17, 15) is 13.2 Å². The van der Waals surface area contributed by atoms with E-state index >= 15 is 0 Å². The van der Waals surface area contributed by atoms with Crippen molar-refractivity contribution in [1.82, 2.24) is 19.4 Å². The van der Waals surface area contributed by atoms with E-state index < -0.39 is 10.0 Å². The van der Waals surface area contributed by atoms with E-state index in [1.807, 2.05) is 0 Å². The molecule has 8 nitrogen and oxygen atoms in total. The molecule has 162 valence electrons. The number of carbonyl (C=O) groups is 1. The van der Waals surface area contributed by atoms with Gasteiger partial charge in [0.05, 0.1) is 17.6 Å². The Morgan fingerprint density at radius 1 is 1.07 bits per heavy atom. The summed E-state index contributed by atoms with van der Waals surface area (Å²) in [5.74, 6) is 0.230. The van der Waals surface area contributed by atoms with Crippen LogP contribution in [0.3, 0.4) is 0 Å². The molecule has 2 fully saturated rings. The SMILES string of the molecule is COc1ccc(S(=O)(=O)NCCN2CCN(C)CC2)cc1C(=O)N1CCCCC1. The third-order valence-corrected chi connectivity index (χ3v) is 7.13. The first-order valence-electron chi connectivity index (χ1n) is 10.3. The van der Waals surface area contributed by atoms with Crippen molar-refractivity contribution in [2.45, 2.75) is 24.2 Å². The maximum absolute atomic E-state index is 12.9. The predicted molar refractivity (Wildman–Crippen MR) is 112 cm³/mol. The molecule has 1 N–H and O–H groups in total. The number of ether oxygens (including phenoxy) is 1. The number of carbonyl (C=O) groups excluding carboxylic acids is 1. The zero-order valence-corrected chi connectivity index (χ0v) is 18.2. The highest BCUT2D eigenvalue weighted by Crippen LogP contribution is 2.25. The lowest BCUT2D eigenvalue weighted by Crippen LogP contribution is -2.46. The van der Waals surface area contributed by atoms with Crippen LogP contribution in [0, 0.1) is 0 Å². The maximum Gasteiger partial charge on any atom is 0.257 e. The number of benzene rings is 1. The molecule has 0 aromatic heterocycles. The highest BCUT2D eigenvalue weighted by molar-refractivity contribution is 7.89. The van der Waals surface area contributed by atoms with Gasteiger partial charge in [-0.2, -0.15) is 0 Å². The molecule has 0 unspecified atom stereocenters. The number of nitrogens with one attached hydrogen (secondary N) is 1. The number of piperazine rings is 1. The standard InChI is InChI=1S/C20H32N4O4S/c1-22-12-14-23(15-13-22)11-8-21-29(26,27)17-6-7-19(28-2)18(16-17)20(25)24-9-4-3-5-10-24/h6-7,16,21H,3-5,8-15H2,1-2H3. The van der Waals surface area contributed by atoms with Crippen molar-refractivity contribution in [1.29, 1.82) is 0 Å². The Kier molecular flexibility index (Phi) is 7.50. The third kappa shape index (κ3) is 5.69. The molecule has 0 atom stereocenters. The number of hydrogen-bond donors (Lipinski definition) is 1. The number of likely N-dealkylation sites (tertiary alicyclic amines) is 1. The molecular weight excluding hydrogens is 392 g/mol. The molecule has 0 spiro atoms. The summed E-state index contributed by atoms with van der Waals surface area (Å²) in [4.78, 5) is 19.3. The Morgan fingerprint density at radius 3 is 2.41 bits per heavy atom. The highest BCUT2D eigenvalue weighted by atomic mass is 32.2. The fourth-order valence-electron chi connectivity index (χ4n) is 3.78. The van der Waals surface area contributed by atoms with Crippen molar-refractivity contribution in [3.63, 3.8) is 0 Å². The van der Waals surface area contributed by atoms with Gasteiger partial charge in [0.15, 0.2) is 0 Å². The molecule has 2 aliphatic heterocycles. The monoisotopic (exact) mass is 424 g/mol. The Balaban J connectivity index is 1.67. The van der Waals surface area contributed by atoms with Crippen molar-refractivity contribution in [3.8, 4) is 5.75 Å². The van der Waals surface area contributed by atoms with Crippen LogP contribution in [-0.2, 0) is 10.0 Å². The first-order valence-corrected chi connectivity index (χ1v) is 11.8. The molecule has 1 amide bonds. The maximum atomic E-state index is 12.9. The van der Waals surface area contributed by atoms with Crippen molar-refractivity contribution in [3.05, 3.63) is 23.8 Å². The number of sulfonamides is 1. The van der Waals surface area contributed by atoms with E-state index in [4.69, 9.17) is 4.74 Å². The smallest absolute Gasteiger partial charge is 0.257 e. The lowest BCUT2D eigenvalue weighted by atomic mass is 10.1. The van der Waals surface area contributed by atoms with Crippen LogP contribution in [0.15, 0.2) is 23.1 Å². The number of likely N-dealkylation sites (N-methyl/N-ethyl adjacent to an activating group) is 1. The van der Waals surface area contributed by atoms with Crippen LogP contribution in [0.25, 0.3) is 0 Å². The van der Waals surface area contributed by atoms with Gasteiger partial charge in [0, 0.05) is 52.4 Å². The molecule has 2 heterocycles. The minimum atomic E-state index is -3.70. The number of amides is 1. The average molecular weight is 425 g/mol. The van der Waals surface area contributed by atoms with Crippen LogP contribution in [-0.4, -0.2) is 95.5 Å². The van der Waals surface area contributed by atoms with Crippen molar-refractivity contribution in [2.75, 3.05) is 66.5 Å². The number of rotatable bonds is 7.